The summed E-state index contributed by atoms with van der Waals surface area (Å²) in [5, 5.41) is 25.4. The normalized spacial score (nSPS) is 12.5. The molecule has 0 aliphatic rings. The highest BCUT2D eigenvalue weighted by atomic mass is 19.4. The van der Waals surface area contributed by atoms with E-state index in [0.717, 1.165) is 66.9 Å². The van der Waals surface area contributed by atoms with Crippen molar-refractivity contribution in [1.29, 1.82) is 10.5 Å². The predicted molar refractivity (Wildman–Crippen MR) is 212 cm³/mol. The SMILES string of the molecule is CC(C)(C)c1ccc2c3ccccc3n(-c3cc(-c4ccc(C(F)(F)F)cc4C#N)c(-n4c5ccccc5c5ccc(C(C)(C)C)cc54)cc3C#N)c2c1. The Bertz CT molecular complexity index is 2910. The van der Waals surface area contributed by atoms with Crippen molar-refractivity contribution in [2.45, 2.75) is 58.5 Å². The number of nitriles is 2. The number of fused-ring (bicyclic) bond motifs is 6. The van der Waals surface area contributed by atoms with Crippen LogP contribution in [0.5, 0.6) is 0 Å². The Hall–Kier alpha value is -6.31. The average molecular weight is 715 g/mol. The van der Waals surface area contributed by atoms with Crippen LogP contribution in [0.3, 0.4) is 0 Å². The first kappa shape index (κ1) is 34.8. The van der Waals surface area contributed by atoms with Gasteiger partial charge in [-0.1, -0.05) is 108 Å². The van der Waals surface area contributed by atoms with Crippen molar-refractivity contribution in [2.75, 3.05) is 0 Å². The van der Waals surface area contributed by atoms with Crippen LogP contribution >= 0.6 is 0 Å². The zero-order valence-corrected chi connectivity index (χ0v) is 30.9. The van der Waals surface area contributed by atoms with E-state index >= 15 is 0 Å². The van der Waals surface area contributed by atoms with Gasteiger partial charge in [0.15, 0.2) is 0 Å². The first-order valence-corrected chi connectivity index (χ1v) is 17.9. The minimum absolute atomic E-state index is 0.116. The highest BCUT2D eigenvalue weighted by Crippen LogP contribution is 2.43. The van der Waals surface area contributed by atoms with E-state index in [1.165, 1.54) is 6.07 Å². The van der Waals surface area contributed by atoms with Crippen LogP contribution in [0, 0.1) is 22.7 Å². The van der Waals surface area contributed by atoms with Gasteiger partial charge in [0.1, 0.15) is 6.07 Å². The van der Waals surface area contributed by atoms with Crippen LogP contribution < -0.4 is 0 Å². The Labute approximate surface area is 311 Å². The van der Waals surface area contributed by atoms with Crippen molar-refractivity contribution >= 4 is 43.6 Å². The molecule has 2 aromatic heterocycles. The molecule has 0 aliphatic carbocycles. The second-order valence-corrected chi connectivity index (χ2v) is 16.0. The molecule has 0 unspecified atom stereocenters. The molecule has 8 rings (SSSR count). The third-order valence-electron chi connectivity index (χ3n) is 10.6. The van der Waals surface area contributed by atoms with Crippen molar-refractivity contribution in [1.82, 2.24) is 9.13 Å². The summed E-state index contributed by atoms with van der Waals surface area (Å²) in [6, 6.07) is 40.4. The van der Waals surface area contributed by atoms with Gasteiger partial charge in [0.2, 0.25) is 0 Å². The van der Waals surface area contributed by atoms with Crippen LogP contribution in [-0.2, 0) is 17.0 Å². The quantitative estimate of drug-likeness (QED) is 0.183. The first-order valence-electron chi connectivity index (χ1n) is 17.9. The smallest absolute Gasteiger partial charge is 0.309 e. The molecule has 0 atom stereocenters. The standard InChI is InChI=1S/C47H37F3N4/c1-45(2,3)30-15-19-36-34-11-7-9-13-39(34)53(43(36)23-30)41-25-38(33-18-17-32(47(48,49)50)21-28(33)26-51)42(22-29(41)27-52)54-40-14-10-8-12-35(40)37-20-16-31(24-44(37)54)46(4,5)6/h7-25H,1-6H3. The van der Waals surface area contributed by atoms with Gasteiger partial charge in [-0.3, -0.25) is 0 Å². The largest absolute Gasteiger partial charge is 0.416 e. The molecule has 0 aliphatic heterocycles. The summed E-state index contributed by atoms with van der Waals surface area (Å²) in [6.07, 6.45) is -4.63. The Morgan fingerprint density at radius 1 is 0.444 bits per heavy atom. The monoisotopic (exact) mass is 714 g/mol. The third-order valence-corrected chi connectivity index (χ3v) is 10.6. The summed E-state index contributed by atoms with van der Waals surface area (Å²) < 4.78 is 46.3. The van der Waals surface area contributed by atoms with Crippen molar-refractivity contribution in [3.63, 3.8) is 0 Å². The van der Waals surface area contributed by atoms with Crippen molar-refractivity contribution < 1.29 is 13.2 Å². The van der Waals surface area contributed by atoms with Crippen molar-refractivity contribution in [3.8, 4) is 34.6 Å². The fraction of sp³-hybridized carbons (Fsp3) is 0.191. The molecule has 54 heavy (non-hydrogen) atoms. The van der Waals surface area contributed by atoms with E-state index in [1.807, 2.05) is 54.6 Å². The number of hydrogen-bond donors (Lipinski definition) is 0. The second-order valence-electron chi connectivity index (χ2n) is 16.0. The number of aromatic nitrogens is 2. The van der Waals surface area contributed by atoms with Crippen LogP contribution in [0.1, 0.15) is 69.4 Å². The molecule has 7 heteroatoms. The maximum atomic E-state index is 14.0. The van der Waals surface area contributed by atoms with Gasteiger partial charge in [0.05, 0.1) is 56.2 Å². The summed E-state index contributed by atoms with van der Waals surface area (Å²) in [4.78, 5) is 0. The van der Waals surface area contributed by atoms with E-state index in [0.29, 0.717) is 28.1 Å². The first-order chi connectivity index (χ1) is 25.6. The molecule has 8 aromatic rings. The lowest BCUT2D eigenvalue weighted by atomic mass is 9.86. The van der Waals surface area contributed by atoms with E-state index in [4.69, 9.17) is 0 Å². The van der Waals surface area contributed by atoms with E-state index in [9.17, 15) is 23.7 Å². The second kappa shape index (κ2) is 12.1. The van der Waals surface area contributed by atoms with Crippen LogP contribution in [0.2, 0.25) is 0 Å². The number of halogens is 3. The molecule has 0 saturated heterocycles. The summed E-state index contributed by atoms with van der Waals surface area (Å²) >= 11 is 0. The van der Waals surface area contributed by atoms with Crippen LogP contribution in [0.25, 0.3) is 66.1 Å². The van der Waals surface area contributed by atoms with E-state index < -0.39 is 11.7 Å². The molecule has 0 radical (unpaired) electrons. The molecule has 6 aromatic carbocycles. The minimum atomic E-state index is -4.63. The van der Waals surface area contributed by atoms with Gasteiger partial charge in [-0.25, -0.2) is 0 Å². The minimum Gasteiger partial charge on any atom is -0.309 e. The van der Waals surface area contributed by atoms with Gasteiger partial charge >= 0.3 is 6.18 Å². The molecular formula is C47H37F3N4. The number of alkyl halides is 3. The molecule has 0 saturated carbocycles. The third kappa shape index (κ3) is 5.51. The highest BCUT2D eigenvalue weighted by molar-refractivity contribution is 6.11. The number of nitrogens with zero attached hydrogens (tertiary/aromatic N) is 4. The van der Waals surface area contributed by atoms with E-state index in [1.54, 1.807) is 0 Å². The van der Waals surface area contributed by atoms with Gasteiger partial charge < -0.3 is 9.13 Å². The summed E-state index contributed by atoms with van der Waals surface area (Å²) in [5.74, 6) is 0. The Morgan fingerprint density at radius 2 is 0.907 bits per heavy atom. The topological polar surface area (TPSA) is 57.4 Å². The zero-order valence-electron chi connectivity index (χ0n) is 30.9. The molecule has 0 N–H and O–H groups in total. The number of hydrogen-bond acceptors (Lipinski definition) is 2. The molecule has 0 amide bonds. The summed E-state index contributed by atoms with van der Waals surface area (Å²) in [7, 11) is 0. The van der Waals surface area contributed by atoms with Crippen LogP contribution in [-0.4, -0.2) is 9.13 Å². The van der Waals surface area contributed by atoms with Gasteiger partial charge in [0.25, 0.3) is 0 Å². The van der Waals surface area contributed by atoms with Crippen LogP contribution in [0.4, 0.5) is 13.2 Å². The zero-order chi connectivity index (χ0) is 38.3. The molecular weight excluding hydrogens is 678 g/mol. The molecule has 0 fully saturated rings. The lowest BCUT2D eigenvalue weighted by molar-refractivity contribution is -0.137. The van der Waals surface area contributed by atoms with E-state index in [2.05, 4.69) is 105 Å². The number of benzene rings is 6. The summed E-state index contributed by atoms with van der Waals surface area (Å²) in [6.45, 7) is 12.9. The Morgan fingerprint density at radius 3 is 1.39 bits per heavy atom. The Kier molecular flexibility index (Phi) is 7.80. The van der Waals surface area contributed by atoms with Crippen molar-refractivity contribution in [3.05, 3.63) is 143 Å². The molecule has 0 spiro atoms. The molecule has 266 valence electrons. The molecule has 0 bridgehead atoms. The lowest BCUT2D eigenvalue weighted by Crippen LogP contribution is -2.11. The highest BCUT2D eigenvalue weighted by Gasteiger charge is 2.32. The van der Waals surface area contributed by atoms with Gasteiger partial charge in [-0.05, 0) is 70.5 Å². The van der Waals surface area contributed by atoms with Crippen molar-refractivity contribution in [2.24, 2.45) is 0 Å². The predicted octanol–water partition coefficient (Wildman–Crippen LogP) is 12.9. The number of para-hydroxylation sites is 2. The molecule has 4 nitrogen and oxygen atoms in total. The van der Waals surface area contributed by atoms with Gasteiger partial charge in [-0.15, -0.1) is 0 Å². The average Bonchev–Trinajstić information content (AvgIpc) is 3.65. The maximum Gasteiger partial charge on any atom is 0.416 e. The fourth-order valence-electron chi connectivity index (χ4n) is 7.69. The molecule has 2 heterocycles. The lowest BCUT2D eigenvalue weighted by Gasteiger charge is -2.22. The fourth-order valence-corrected chi connectivity index (χ4v) is 7.69. The van der Waals surface area contributed by atoms with Crippen LogP contribution in [0.15, 0.2) is 115 Å². The number of rotatable bonds is 3. The van der Waals surface area contributed by atoms with Gasteiger partial charge in [0, 0.05) is 32.7 Å². The summed E-state index contributed by atoms with van der Waals surface area (Å²) in [5.41, 5.74) is 6.78. The maximum absolute atomic E-state index is 14.0. The van der Waals surface area contributed by atoms with E-state index in [-0.39, 0.29) is 16.4 Å². The van der Waals surface area contributed by atoms with Gasteiger partial charge in [-0.2, -0.15) is 23.7 Å². The Balaban J connectivity index is 1.55.